The maximum absolute atomic E-state index is 10.0. The molecule has 0 aliphatic carbocycles. The number of carbonyl (C=O) groups excluding carboxylic acids is 1. The fraction of sp³-hybridized carbons (Fsp3) is 0.250. The SMILES string of the molecule is C=CCC(=O)[SiH3]. The van der Waals surface area contributed by atoms with Gasteiger partial charge in [0.1, 0.15) is 5.41 Å². The molecule has 0 aromatic rings. The zero-order valence-corrected chi connectivity index (χ0v) is 5.90. The third-order valence-corrected chi connectivity index (χ3v) is 0.840. The minimum absolute atomic E-state index is 0.310. The van der Waals surface area contributed by atoms with Gasteiger partial charge >= 0.3 is 0 Å². The van der Waals surface area contributed by atoms with Crippen LogP contribution >= 0.6 is 0 Å². The summed E-state index contributed by atoms with van der Waals surface area (Å²) in [6, 6.07) is 0. The average Bonchev–Trinajstić information content (AvgIpc) is 1.35. The van der Waals surface area contributed by atoms with Crippen molar-refractivity contribution in [2.75, 3.05) is 0 Å². The van der Waals surface area contributed by atoms with Gasteiger partial charge in [-0.1, -0.05) is 6.08 Å². The molecule has 0 aliphatic heterocycles. The Bertz CT molecular complexity index is 67.9. The van der Waals surface area contributed by atoms with Crippen LogP contribution < -0.4 is 0 Å². The summed E-state index contributed by atoms with van der Waals surface area (Å²) in [5.41, 5.74) is 0. The molecule has 0 aromatic carbocycles. The van der Waals surface area contributed by atoms with Crippen LogP contribution in [0, 0.1) is 0 Å². The predicted octanol–water partition coefficient (Wildman–Crippen LogP) is -0.546. The predicted molar refractivity (Wildman–Crippen MR) is 29.8 cm³/mol. The molecule has 0 fully saturated rings. The van der Waals surface area contributed by atoms with Crippen molar-refractivity contribution in [2.24, 2.45) is 0 Å². The van der Waals surface area contributed by atoms with Gasteiger partial charge in [-0.05, 0) is 0 Å². The molecule has 0 rings (SSSR count). The number of hydrogen-bond acceptors (Lipinski definition) is 1. The lowest BCUT2D eigenvalue weighted by Gasteiger charge is -1.75. The van der Waals surface area contributed by atoms with E-state index in [-0.39, 0.29) is 0 Å². The zero-order valence-electron chi connectivity index (χ0n) is 3.90. The molecule has 0 N–H and O–H groups in total. The smallest absolute Gasteiger partial charge is 0.104 e. The quantitative estimate of drug-likeness (QED) is 0.336. The van der Waals surface area contributed by atoms with Crippen molar-refractivity contribution < 1.29 is 4.79 Å². The van der Waals surface area contributed by atoms with Gasteiger partial charge in [-0.15, -0.1) is 6.58 Å². The van der Waals surface area contributed by atoms with Crippen molar-refractivity contribution in [3.63, 3.8) is 0 Å². The van der Waals surface area contributed by atoms with Crippen molar-refractivity contribution in [3.05, 3.63) is 12.7 Å². The lowest BCUT2D eigenvalue weighted by atomic mass is 10.5. The van der Waals surface area contributed by atoms with Crippen molar-refractivity contribution in [1.29, 1.82) is 0 Å². The molecular weight excluding hydrogens is 92.1 g/mol. The highest BCUT2D eigenvalue weighted by atomic mass is 28.1. The molecule has 0 aliphatic rings. The van der Waals surface area contributed by atoms with Crippen molar-refractivity contribution in [2.45, 2.75) is 6.42 Å². The minimum atomic E-state index is 0.310. The minimum Gasteiger partial charge on any atom is -0.306 e. The van der Waals surface area contributed by atoms with Gasteiger partial charge in [-0.25, -0.2) is 0 Å². The molecule has 2 heteroatoms. The van der Waals surface area contributed by atoms with Crippen LogP contribution in [0.3, 0.4) is 0 Å². The molecule has 0 bridgehead atoms. The highest BCUT2D eigenvalue weighted by molar-refractivity contribution is 6.57. The monoisotopic (exact) mass is 100 g/mol. The number of allylic oxidation sites excluding steroid dienone is 1. The van der Waals surface area contributed by atoms with Crippen LogP contribution in [0.15, 0.2) is 12.7 Å². The maximum Gasteiger partial charge on any atom is 0.104 e. The van der Waals surface area contributed by atoms with Gasteiger partial charge in [0, 0.05) is 6.42 Å². The first-order valence-corrected chi connectivity index (χ1v) is 2.87. The van der Waals surface area contributed by atoms with E-state index in [0.29, 0.717) is 22.1 Å². The summed E-state index contributed by atoms with van der Waals surface area (Å²) in [6.45, 7) is 3.40. The van der Waals surface area contributed by atoms with Gasteiger partial charge in [0.25, 0.3) is 0 Å². The average molecular weight is 100 g/mol. The normalized spacial score (nSPS) is 8.00. The van der Waals surface area contributed by atoms with E-state index < -0.39 is 0 Å². The molecule has 0 saturated carbocycles. The summed E-state index contributed by atoms with van der Waals surface area (Å²) in [7, 11) is 0.668. The zero-order chi connectivity index (χ0) is 4.99. The number of carbonyl (C=O) groups is 1. The van der Waals surface area contributed by atoms with Crippen LogP contribution in [-0.2, 0) is 4.79 Å². The van der Waals surface area contributed by atoms with Crippen molar-refractivity contribution in [3.8, 4) is 0 Å². The fourth-order valence-electron chi connectivity index (χ4n) is 0.203. The Morgan fingerprint density at radius 3 is 2.50 bits per heavy atom. The van der Waals surface area contributed by atoms with Crippen LogP contribution in [0.5, 0.6) is 0 Å². The Morgan fingerprint density at radius 1 is 2.00 bits per heavy atom. The largest absolute Gasteiger partial charge is 0.306 e. The van der Waals surface area contributed by atoms with Gasteiger partial charge in [-0.2, -0.15) is 0 Å². The van der Waals surface area contributed by atoms with E-state index in [4.69, 9.17) is 0 Å². The molecular formula is C4H8OSi. The topological polar surface area (TPSA) is 17.1 Å². The molecule has 6 heavy (non-hydrogen) atoms. The first-order chi connectivity index (χ1) is 2.77. The summed E-state index contributed by atoms with van der Waals surface area (Å²) in [5, 5.41) is 0.310. The molecule has 0 saturated heterocycles. The van der Waals surface area contributed by atoms with Gasteiger partial charge in [0.05, 0.1) is 10.2 Å². The summed E-state index contributed by atoms with van der Waals surface area (Å²) in [6.07, 6.45) is 2.20. The highest BCUT2D eigenvalue weighted by Gasteiger charge is 1.80. The molecule has 0 heterocycles. The number of rotatable bonds is 2. The highest BCUT2D eigenvalue weighted by Crippen LogP contribution is 1.73. The summed E-state index contributed by atoms with van der Waals surface area (Å²) >= 11 is 0. The summed E-state index contributed by atoms with van der Waals surface area (Å²) < 4.78 is 0. The second-order valence-corrected chi connectivity index (χ2v) is 2.31. The maximum atomic E-state index is 10.0. The van der Waals surface area contributed by atoms with E-state index in [1.807, 2.05) is 0 Å². The van der Waals surface area contributed by atoms with Crippen LogP contribution in [0.2, 0.25) is 0 Å². The van der Waals surface area contributed by atoms with Crippen LogP contribution in [-0.4, -0.2) is 15.6 Å². The number of hydrogen-bond donors (Lipinski definition) is 0. The van der Waals surface area contributed by atoms with E-state index in [2.05, 4.69) is 6.58 Å². The van der Waals surface area contributed by atoms with E-state index in [1.165, 1.54) is 0 Å². The van der Waals surface area contributed by atoms with E-state index in [0.717, 1.165) is 0 Å². The Labute approximate surface area is 40.5 Å². The summed E-state index contributed by atoms with van der Waals surface area (Å²) in [4.78, 5) is 10.0. The third-order valence-electron chi connectivity index (χ3n) is 0.432. The van der Waals surface area contributed by atoms with Gasteiger partial charge in [0.2, 0.25) is 0 Å². The van der Waals surface area contributed by atoms with Gasteiger partial charge < -0.3 is 4.79 Å². The molecule has 0 atom stereocenters. The molecule has 0 radical (unpaired) electrons. The standard InChI is InChI=1S/C4H8OSi/c1-2-3-4(5)6/h2H,1,3H2,6H3. The van der Waals surface area contributed by atoms with Gasteiger partial charge in [-0.3, -0.25) is 0 Å². The molecule has 0 unspecified atom stereocenters. The first-order valence-electron chi connectivity index (χ1n) is 1.87. The van der Waals surface area contributed by atoms with Gasteiger partial charge in [0.15, 0.2) is 0 Å². The second kappa shape index (κ2) is 2.84. The molecule has 0 aromatic heterocycles. The molecule has 0 amide bonds. The lowest BCUT2D eigenvalue weighted by molar-refractivity contribution is -0.111. The Balaban J connectivity index is 3.05. The fourth-order valence-corrected chi connectivity index (χ4v) is 0.492. The van der Waals surface area contributed by atoms with E-state index in [9.17, 15) is 4.79 Å². The van der Waals surface area contributed by atoms with Crippen molar-refractivity contribution in [1.82, 2.24) is 0 Å². The lowest BCUT2D eigenvalue weighted by Crippen LogP contribution is -1.90. The second-order valence-electron chi connectivity index (χ2n) is 1.19. The van der Waals surface area contributed by atoms with Crippen molar-refractivity contribution >= 4 is 15.6 Å². The third kappa shape index (κ3) is 3.63. The Morgan fingerprint density at radius 2 is 2.50 bits per heavy atom. The summed E-state index contributed by atoms with van der Waals surface area (Å²) in [5.74, 6) is 0. The molecule has 1 nitrogen and oxygen atoms in total. The first kappa shape index (κ1) is 5.63. The Hall–Kier alpha value is -0.373. The van der Waals surface area contributed by atoms with Crippen LogP contribution in [0.4, 0.5) is 0 Å². The Kier molecular flexibility index (Phi) is 2.67. The van der Waals surface area contributed by atoms with Crippen LogP contribution in [0.25, 0.3) is 0 Å². The van der Waals surface area contributed by atoms with E-state index in [1.54, 1.807) is 6.08 Å². The molecule has 0 spiro atoms. The molecule has 34 valence electrons. The van der Waals surface area contributed by atoms with E-state index >= 15 is 0 Å². The van der Waals surface area contributed by atoms with Crippen LogP contribution in [0.1, 0.15) is 6.42 Å².